The van der Waals surface area contributed by atoms with Crippen molar-refractivity contribution in [2.75, 3.05) is 0 Å². The van der Waals surface area contributed by atoms with Gasteiger partial charge in [0.15, 0.2) is 0 Å². The van der Waals surface area contributed by atoms with Crippen LogP contribution in [-0.4, -0.2) is 23.3 Å². The average molecular weight is 872 g/mol. The summed E-state index contributed by atoms with van der Waals surface area (Å²) in [6.07, 6.45) is 0. The summed E-state index contributed by atoms with van der Waals surface area (Å²) in [4.78, 5) is 5.53. The Kier molecular flexibility index (Phi) is 7.59. The Morgan fingerprint density at radius 3 is 1.36 bits per heavy atom. The fourth-order valence-corrected chi connectivity index (χ4v) is 12.2. The lowest BCUT2D eigenvalue weighted by molar-refractivity contribution is 1.10. The van der Waals surface area contributed by atoms with Crippen LogP contribution in [0.5, 0.6) is 0 Å². The molecule has 10 aromatic carbocycles. The van der Waals surface area contributed by atoms with Crippen LogP contribution in [0, 0.1) is 0 Å². The molecule has 0 amide bonds. The lowest BCUT2D eigenvalue weighted by Crippen LogP contribution is -1.99. The predicted octanol–water partition coefficient (Wildman–Crippen LogP) is 16.4. The second kappa shape index (κ2) is 13.9. The van der Waals surface area contributed by atoms with E-state index in [1.54, 1.807) is 0 Å². The number of nitrogens with zero attached hydrogens (tertiary/aromatic N) is 5. The van der Waals surface area contributed by atoms with E-state index in [9.17, 15) is 0 Å². The number of imidazole rings is 1. The average Bonchev–Trinajstić information content (AvgIpc) is 4.19. The van der Waals surface area contributed by atoms with Crippen LogP contribution in [0.4, 0.5) is 0 Å². The molecule has 0 aliphatic heterocycles. The largest absolute Gasteiger partial charge is 0.309 e. The molecular weight excluding hydrogens is 835 g/mol. The summed E-state index contributed by atoms with van der Waals surface area (Å²) in [6.45, 7) is 0. The van der Waals surface area contributed by atoms with Crippen LogP contribution < -0.4 is 0 Å². The van der Waals surface area contributed by atoms with Crippen LogP contribution in [0.15, 0.2) is 224 Å². The molecule has 0 saturated heterocycles. The smallest absolute Gasteiger partial charge is 0.145 e. The van der Waals surface area contributed by atoms with E-state index < -0.39 is 0 Å². The van der Waals surface area contributed by atoms with E-state index in [0.29, 0.717) is 0 Å². The molecule has 6 heteroatoms. The van der Waals surface area contributed by atoms with Gasteiger partial charge in [-0.2, -0.15) is 0 Å². The first-order chi connectivity index (χ1) is 33.2. The molecule has 0 bridgehead atoms. The molecule has 0 unspecified atom stereocenters. The third-order valence-electron chi connectivity index (χ3n) is 13.9. The minimum Gasteiger partial charge on any atom is -0.309 e. The number of thiophene rings is 1. The Labute approximate surface area is 387 Å². The van der Waals surface area contributed by atoms with Gasteiger partial charge in [0.2, 0.25) is 0 Å². The summed E-state index contributed by atoms with van der Waals surface area (Å²) in [5, 5.41) is 9.91. The fourth-order valence-electron chi connectivity index (χ4n) is 11.0. The van der Waals surface area contributed by atoms with Crippen LogP contribution in [0.3, 0.4) is 0 Å². The van der Waals surface area contributed by atoms with Gasteiger partial charge >= 0.3 is 0 Å². The molecule has 0 N–H and O–H groups in total. The van der Waals surface area contributed by atoms with Gasteiger partial charge in [0, 0.05) is 80.8 Å². The number of rotatable bonds is 5. The lowest BCUT2D eigenvalue weighted by Gasteiger charge is -2.13. The number of fused-ring (bicyclic) bond motifs is 13. The maximum absolute atomic E-state index is 5.53. The SMILES string of the molecule is c1ccc(-n2c3ccccc3c3cc(-n4c(-c5ccc(-n6c7ccccc7c7cc8c9ccccc9n(-c9ccccc9)c8cc76)cc5)nc5cc6c(cc54)sc4ccccc46)ccc32)cc1. The highest BCUT2D eigenvalue weighted by Gasteiger charge is 2.22. The molecule has 5 nitrogen and oxygen atoms in total. The van der Waals surface area contributed by atoms with Crippen molar-refractivity contribution in [3.63, 3.8) is 0 Å². The zero-order chi connectivity index (χ0) is 43.7. The highest BCUT2D eigenvalue weighted by atomic mass is 32.1. The van der Waals surface area contributed by atoms with Gasteiger partial charge in [-0.3, -0.25) is 4.57 Å². The summed E-state index contributed by atoms with van der Waals surface area (Å²) in [5.41, 5.74) is 14.7. The minimum absolute atomic E-state index is 0.908. The van der Waals surface area contributed by atoms with Crippen molar-refractivity contribution in [2.24, 2.45) is 0 Å². The van der Waals surface area contributed by atoms with Gasteiger partial charge < -0.3 is 13.7 Å². The van der Waals surface area contributed by atoms with Gasteiger partial charge in [0.05, 0.1) is 44.1 Å². The van der Waals surface area contributed by atoms with Gasteiger partial charge in [-0.05, 0) is 115 Å². The molecule has 15 rings (SSSR count). The predicted molar refractivity (Wildman–Crippen MR) is 282 cm³/mol. The zero-order valence-electron chi connectivity index (χ0n) is 36.0. The normalized spacial score (nSPS) is 12.2. The Hall–Kier alpha value is -8.71. The van der Waals surface area contributed by atoms with E-state index in [1.807, 2.05) is 11.3 Å². The third kappa shape index (κ3) is 5.27. The lowest BCUT2D eigenvalue weighted by atomic mass is 10.1. The van der Waals surface area contributed by atoms with E-state index >= 15 is 0 Å². The molecule has 312 valence electrons. The van der Waals surface area contributed by atoms with E-state index in [1.165, 1.54) is 85.6 Å². The maximum Gasteiger partial charge on any atom is 0.145 e. The van der Waals surface area contributed by atoms with Crippen LogP contribution in [-0.2, 0) is 0 Å². The molecule has 5 heterocycles. The van der Waals surface area contributed by atoms with Crippen molar-refractivity contribution < 1.29 is 0 Å². The van der Waals surface area contributed by atoms with Crippen LogP contribution in [0.2, 0.25) is 0 Å². The number of benzene rings is 10. The first-order valence-electron chi connectivity index (χ1n) is 22.8. The standard InChI is InChI=1S/C61H37N5S/c1-3-15-39(16-4-1)63-52-23-11-7-19-43(52)47-33-42(31-32-55(47)63)66-58-37-60-50(46-22-10-14-26-59(46)67-60)35-51(58)62-61(66)38-27-29-41(30-28-38)65-54-25-13-9-21-45(54)49-34-48-44-20-8-12-24-53(44)64(56(48)36-57(49)65)40-17-5-2-6-18-40/h1-37H. The van der Waals surface area contributed by atoms with Gasteiger partial charge in [-0.1, -0.05) is 109 Å². The fraction of sp³-hybridized carbons (Fsp3) is 0. The Morgan fingerprint density at radius 2 is 0.746 bits per heavy atom. The molecule has 0 saturated carbocycles. The summed E-state index contributed by atoms with van der Waals surface area (Å²) >= 11 is 1.85. The van der Waals surface area contributed by atoms with Crippen molar-refractivity contribution in [1.29, 1.82) is 0 Å². The molecule has 0 aliphatic rings. The van der Waals surface area contributed by atoms with E-state index in [4.69, 9.17) is 4.98 Å². The van der Waals surface area contributed by atoms with Gasteiger partial charge in [-0.15, -0.1) is 11.3 Å². The van der Waals surface area contributed by atoms with Gasteiger partial charge in [0.1, 0.15) is 5.82 Å². The number of hydrogen-bond acceptors (Lipinski definition) is 2. The molecule has 5 aromatic heterocycles. The Bertz CT molecular complexity index is 4490. The molecule has 15 aromatic rings. The van der Waals surface area contributed by atoms with Crippen molar-refractivity contribution in [3.05, 3.63) is 224 Å². The summed E-state index contributed by atoms with van der Waals surface area (Å²) in [7, 11) is 0. The Morgan fingerprint density at radius 1 is 0.269 bits per heavy atom. The summed E-state index contributed by atoms with van der Waals surface area (Å²) in [5.74, 6) is 0.908. The molecule has 67 heavy (non-hydrogen) atoms. The van der Waals surface area contributed by atoms with Crippen LogP contribution in [0.1, 0.15) is 0 Å². The highest BCUT2D eigenvalue weighted by molar-refractivity contribution is 7.25. The maximum atomic E-state index is 5.53. The Balaban J connectivity index is 0.948. The number of hydrogen-bond donors (Lipinski definition) is 0. The second-order valence-corrected chi connectivity index (χ2v) is 18.7. The minimum atomic E-state index is 0.908. The first kappa shape index (κ1) is 36.6. The molecule has 0 fully saturated rings. The number of para-hydroxylation sites is 5. The molecule has 0 radical (unpaired) electrons. The number of aromatic nitrogens is 5. The zero-order valence-corrected chi connectivity index (χ0v) is 36.8. The topological polar surface area (TPSA) is 32.6 Å². The first-order valence-corrected chi connectivity index (χ1v) is 23.6. The van der Waals surface area contributed by atoms with Crippen LogP contribution in [0.25, 0.3) is 131 Å². The summed E-state index contributed by atoms with van der Waals surface area (Å²) in [6, 6.07) is 81.8. The van der Waals surface area contributed by atoms with E-state index in [2.05, 4.69) is 243 Å². The van der Waals surface area contributed by atoms with Crippen molar-refractivity contribution in [1.82, 2.24) is 23.3 Å². The highest BCUT2D eigenvalue weighted by Crippen LogP contribution is 2.42. The third-order valence-corrected chi connectivity index (χ3v) is 15.1. The molecule has 0 aliphatic carbocycles. The van der Waals surface area contributed by atoms with Gasteiger partial charge in [0.25, 0.3) is 0 Å². The van der Waals surface area contributed by atoms with E-state index in [-0.39, 0.29) is 0 Å². The summed E-state index contributed by atoms with van der Waals surface area (Å²) < 4.78 is 12.1. The van der Waals surface area contributed by atoms with Crippen LogP contribution >= 0.6 is 11.3 Å². The molecule has 0 atom stereocenters. The van der Waals surface area contributed by atoms with Crippen molar-refractivity contribution >= 4 is 108 Å². The van der Waals surface area contributed by atoms with Crippen molar-refractivity contribution in [2.45, 2.75) is 0 Å². The van der Waals surface area contributed by atoms with Gasteiger partial charge in [-0.25, -0.2) is 4.98 Å². The molecule has 0 spiro atoms. The molecular formula is C61H37N5S. The van der Waals surface area contributed by atoms with E-state index in [0.717, 1.165) is 45.2 Å². The monoisotopic (exact) mass is 871 g/mol. The second-order valence-electron chi connectivity index (χ2n) is 17.6. The van der Waals surface area contributed by atoms with Crippen molar-refractivity contribution in [3.8, 4) is 34.1 Å². The quantitative estimate of drug-likeness (QED) is 0.170.